The SMILES string of the molecule is COc1ccc(CNC(=S)NNC(=O)C[C@@H]2C[C@@H]3CC[C@@H]2C3)cc1. The van der Waals surface area contributed by atoms with Crippen molar-refractivity contribution in [2.24, 2.45) is 17.8 Å². The van der Waals surface area contributed by atoms with Crippen molar-refractivity contribution in [3.05, 3.63) is 29.8 Å². The summed E-state index contributed by atoms with van der Waals surface area (Å²) < 4.78 is 5.13. The molecule has 0 saturated heterocycles. The van der Waals surface area contributed by atoms with Gasteiger partial charge in [0, 0.05) is 13.0 Å². The average molecular weight is 347 g/mol. The number of methoxy groups -OCH3 is 1. The van der Waals surface area contributed by atoms with E-state index in [-0.39, 0.29) is 5.91 Å². The van der Waals surface area contributed by atoms with E-state index in [1.54, 1.807) is 7.11 Å². The van der Waals surface area contributed by atoms with Gasteiger partial charge < -0.3 is 10.1 Å². The summed E-state index contributed by atoms with van der Waals surface area (Å²) in [5.74, 6) is 3.05. The molecule has 1 amide bonds. The molecule has 2 fully saturated rings. The van der Waals surface area contributed by atoms with Crippen LogP contribution in [0.15, 0.2) is 24.3 Å². The average Bonchev–Trinajstić information content (AvgIpc) is 3.21. The fraction of sp³-hybridized carbons (Fsp3) is 0.556. The van der Waals surface area contributed by atoms with E-state index in [9.17, 15) is 4.79 Å². The van der Waals surface area contributed by atoms with Crippen LogP contribution in [-0.2, 0) is 11.3 Å². The molecule has 0 radical (unpaired) electrons. The second kappa shape index (κ2) is 7.83. The number of nitrogens with one attached hydrogen (secondary N) is 3. The van der Waals surface area contributed by atoms with Crippen LogP contribution in [0.4, 0.5) is 0 Å². The lowest BCUT2D eigenvalue weighted by atomic mass is 9.86. The highest BCUT2D eigenvalue weighted by Crippen LogP contribution is 2.49. The van der Waals surface area contributed by atoms with Gasteiger partial charge in [-0.05, 0) is 66.9 Å². The topological polar surface area (TPSA) is 62.4 Å². The summed E-state index contributed by atoms with van der Waals surface area (Å²) in [4.78, 5) is 12.0. The van der Waals surface area contributed by atoms with Crippen LogP contribution in [-0.4, -0.2) is 18.1 Å². The molecule has 1 aromatic carbocycles. The van der Waals surface area contributed by atoms with Gasteiger partial charge in [0.15, 0.2) is 5.11 Å². The molecule has 130 valence electrons. The summed E-state index contributed by atoms with van der Waals surface area (Å²) in [7, 11) is 1.64. The first-order valence-corrected chi connectivity index (χ1v) is 9.00. The molecular formula is C18H25N3O2S. The van der Waals surface area contributed by atoms with E-state index in [1.807, 2.05) is 24.3 Å². The van der Waals surface area contributed by atoms with Gasteiger partial charge >= 0.3 is 0 Å². The highest BCUT2D eigenvalue weighted by atomic mass is 32.1. The van der Waals surface area contributed by atoms with Crippen molar-refractivity contribution < 1.29 is 9.53 Å². The molecule has 0 aromatic heterocycles. The van der Waals surface area contributed by atoms with Gasteiger partial charge in [-0.1, -0.05) is 18.6 Å². The molecule has 6 heteroatoms. The van der Waals surface area contributed by atoms with Gasteiger partial charge in [0.25, 0.3) is 0 Å². The number of amides is 1. The molecule has 0 heterocycles. The Morgan fingerprint density at radius 3 is 2.62 bits per heavy atom. The number of carbonyl (C=O) groups is 1. The van der Waals surface area contributed by atoms with Gasteiger partial charge in [-0.25, -0.2) is 0 Å². The van der Waals surface area contributed by atoms with Crippen molar-refractivity contribution in [1.29, 1.82) is 0 Å². The maximum Gasteiger partial charge on any atom is 0.238 e. The van der Waals surface area contributed by atoms with Crippen molar-refractivity contribution in [1.82, 2.24) is 16.2 Å². The number of carbonyl (C=O) groups excluding carboxylic acids is 1. The molecule has 2 bridgehead atoms. The van der Waals surface area contributed by atoms with E-state index in [4.69, 9.17) is 17.0 Å². The number of hydrogen-bond acceptors (Lipinski definition) is 3. The highest BCUT2D eigenvalue weighted by molar-refractivity contribution is 7.80. The van der Waals surface area contributed by atoms with E-state index < -0.39 is 0 Å². The van der Waals surface area contributed by atoms with Gasteiger partial charge in [0.1, 0.15) is 5.75 Å². The molecule has 0 unspecified atom stereocenters. The third-order valence-corrected chi connectivity index (χ3v) is 5.51. The number of ether oxygens (including phenoxy) is 1. The van der Waals surface area contributed by atoms with Crippen LogP contribution in [0.3, 0.4) is 0 Å². The minimum atomic E-state index is 0.0288. The Balaban J connectivity index is 1.33. The first kappa shape index (κ1) is 17.0. The van der Waals surface area contributed by atoms with Crippen molar-refractivity contribution >= 4 is 23.2 Å². The van der Waals surface area contributed by atoms with Crippen LogP contribution in [0.1, 0.15) is 37.7 Å². The zero-order valence-corrected chi connectivity index (χ0v) is 14.8. The molecule has 3 N–H and O–H groups in total. The molecule has 2 aliphatic carbocycles. The van der Waals surface area contributed by atoms with Gasteiger partial charge in [-0.15, -0.1) is 0 Å². The fourth-order valence-corrected chi connectivity index (χ4v) is 4.14. The van der Waals surface area contributed by atoms with E-state index in [1.165, 1.54) is 25.7 Å². The van der Waals surface area contributed by atoms with Crippen LogP contribution in [0.2, 0.25) is 0 Å². The zero-order valence-electron chi connectivity index (χ0n) is 14.0. The number of fused-ring (bicyclic) bond motifs is 2. The first-order chi connectivity index (χ1) is 11.6. The van der Waals surface area contributed by atoms with Crippen molar-refractivity contribution in [3.8, 4) is 5.75 Å². The smallest absolute Gasteiger partial charge is 0.238 e. The minimum Gasteiger partial charge on any atom is -0.497 e. The number of hydrogen-bond donors (Lipinski definition) is 3. The van der Waals surface area contributed by atoms with Gasteiger partial charge in [0.05, 0.1) is 7.11 Å². The lowest BCUT2D eigenvalue weighted by molar-refractivity contribution is -0.122. The molecule has 1 aromatic rings. The maximum absolute atomic E-state index is 12.0. The van der Waals surface area contributed by atoms with Crippen LogP contribution in [0, 0.1) is 17.8 Å². The summed E-state index contributed by atoms with van der Waals surface area (Å²) in [5, 5.41) is 3.50. The minimum absolute atomic E-state index is 0.0288. The zero-order chi connectivity index (χ0) is 16.9. The Hall–Kier alpha value is -1.82. The maximum atomic E-state index is 12.0. The molecular weight excluding hydrogens is 322 g/mol. The first-order valence-electron chi connectivity index (χ1n) is 8.59. The summed E-state index contributed by atoms with van der Waals surface area (Å²) in [6.07, 6.45) is 5.82. The Bertz CT molecular complexity index is 590. The second-order valence-corrected chi connectivity index (χ2v) is 7.25. The Morgan fingerprint density at radius 2 is 2.00 bits per heavy atom. The van der Waals surface area contributed by atoms with Gasteiger partial charge in [-0.3, -0.25) is 15.6 Å². The predicted molar refractivity (Wildman–Crippen MR) is 97.3 cm³/mol. The van der Waals surface area contributed by atoms with Crippen LogP contribution >= 0.6 is 12.2 Å². The fourth-order valence-electron chi connectivity index (χ4n) is 4.01. The number of benzene rings is 1. The van der Waals surface area contributed by atoms with Crippen LogP contribution < -0.4 is 20.9 Å². The van der Waals surface area contributed by atoms with Crippen LogP contribution in [0.5, 0.6) is 5.75 Å². The summed E-state index contributed by atoms with van der Waals surface area (Å²) in [6, 6.07) is 7.76. The van der Waals surface area contributed by atoms with Gasteiger partial charge in [-0.2, -0.15) is 0 Å². The second-order valence-electron chi connectivity index (χ2n) is 6.84. The standard InChI is InChI=1S/C18H25N3O2S/c1-23-16-6-3-12(4-7-16)11-19-18(24)21-20-17(22)10-15-9-13-2-5-14(15)8-13/h3-4,6-7,13-15H,2,5,8-11H2,1H3,(H,20,22)(H2,19,21,24)/t13-,14-,15+/m1/s1. The van der Waals surface area contributed by atoms with Gasteiger partial charge in [0.2, 0.25) is 5.91 Å². The number of thiocarbonyl (C=S) groups is 1. The largest absolute Gasteiger partial charge is 0.497 e. The van der Waals surface area contributed by atoms with E-state index in [2.05, 4.69) is 16.2 Å². The van der Waals surface area contributed by atoms with Crippen molar-refractivity contribution in [2.45, 2.75) is 38.6 Å². The summed E-state index contributed by atoms with van der Waals surface area (Å²) >= 11 is 5.19. The Kier molecular flexibility index (Phi) is 5.56. The van der Waals surface area contributed by atoms with E-state index >= 15 is 0 Å². The lowest BCUT2D eigenvalue weighted by Gasteiger charge is -2.21. The molecule has 2 aliphatic rings. The van der Waals surface area contributed by atoms with Crippen molar-refractivity contribution in [3.63, 3.8) is 0 Å². The normalized spacial score (nSPS) is 24.5. The van der Waals surface area contributed by atoms with E-state index in [0.717, 1.165) is 23.1 Å². The predicted octanol–water partition coefficient (Wildman–Crippen LogP) is 2.52. The Morgan fingerprint density at radius 1 is 1.21 bits per heavy atom. The molecule has 3 rings (SSSR count). The molecule has 3 atom stereocenters. The van der Waals surface area contributed by atoms with Crippen LogP contribution in [0.25, 0.3) is 0 Å². The summed E-state index contributed by atoms with van der Waals surface area (Å²) in [5.41, 5.74) is 6.59. The quantitative estimate of drug-likeness (QED) is 0.564. The number of hydrazine groups is 1. The highest BCUT2D eigenvalue weighted by Gasteiger charge is 2.40. The third-order valence-electron chi connectivity index (χ3n) is 5.26. The van der Waals surface area contributed by atoms with Crippen molar-refractivity contribution in [2.75, 3.05) is 7.11 Å². The molecule has 0 spiro atoms. The monoisotopic (exact) mass is 347 g/mol. The van der Waals surface area contributed by atoms with E-state index in [0.29, 0.717) is 24.0 Å². The lowest BCUT2D eigenvalue weighted by Crippen LogP contribution is -2.47. The molecule has 2 saturated carbocycles. The summed E-state index contributed by atoms with van der Waals surface area (Å²) in [6.45, 7) is 0.595. The molecule has 24 heavy (non-hydrogen) atoms. The molecule has 5 nitrogen and oxygen atoms in total. The number of rotatable bonds is 5. The third kappa shape index (κ3) is 4.38. The molecule has 0 aliphatic heterocycles. The Labute approximate surface area is 148 Å².